The summed E-state index contributed by atoms with van der Waals surface area (Å²) >= 11 is 0. The van der Waals surface area contributed by atoms with Crippen molar-refractivity contribution in [3.05, 3.63) is 59.7 Å². The Morgan fingerprint density at radius 1 is 0.903 bits per heavy atom. The minimum atomic E-state index is -0.110. The molecule has 0 N–H and O–H groups in total. The van der Waals surface area contributed by atoms with Gasteiger partial charge in [0, 0.05) is 44.8 Å². The van der Waals surface area contributed by atoms with Gasteiger partial charge in [0.1, 0.15) is 5.75 Å². The topological polar surface area (TPSA) is 53.1 Å². The number of anilines is 1. The van der Waals surface area contributed by atoms with E-state index in [9.17, 15) is 9.59 Å². The maximum atomic E-state index is 13.2. The number of benzene rings is 2. The Morgan fingerprint density at radius 3 is 2.32 bits per heavy atom. The monoisotopic (exact) mass is 421 g/mol. The van der Waals surface area contributed by atoms with Crippen molar-refractivity contribution < 1.29 is 14.3 Å². The Hall–Kier alpha value is -3.02. The van der Waals surface area contributed by atoms with E-state index < -0.39 is 0 Å². The van der Waals surface area contributed by atoms with Crippen LogP contribution < -0.4 is 9.64 Å². The predicted octanol–water partition coefficient (Wildman–Crippen LogP) is 3.20. The highest BCUT2D eigenvalue weighted by Gasteiger charge is 2.33. The van der Waals surface area contributed by atoms with Gasteiger partial charge in [-0.3, -0.25) is 9.59 Å². The van der Waals surface area contributed by atoms with Crippen molar-refractivity contribution in [3.63, 3.8) is 0 Å². The molecule has 2 aromatic carbocycles. The molecule has 0 aliphatic carbocycles. The van der Waals surface area contributed by atoms with Crippen LogP contribution in [0.15, 0.2) is 48.5 Å². The summed E-state index contributed by atoms with van der Waals surface area (Å²) in [5.74, 6) is 0.959. The molecule has 1 unspecified atom stereocenters. The number of ether oxygens (including phenoxy) is 1. The van der Waals surface area contributed by atoms with Gasteiger partial charge >= 0.3 is 0 Å². The average molecular weight is 422 g/mol. The van der Waals surface area contributed by atoms with Gasteiger partial charge < -0.3 is 19.4 Å². The zero-order valence-electron chi connectivity index (χ0n) is 18.4. The fraction of sp³-hybridized carbons (Fsp3) is 0.440. The van der Waals surface area contributed by atoms with Crippen LogP contribution in [0.1, 0.15) is 28.8 Å². The van der Waals surface area contributed by atoms with E-state index >= 15 is 0 Å². The van der Waals surface area contributed by atoms with Gasteiger partial charge in [0.05, 0.1) is 18.7 Å². The fourth-order valence-corrected chi connectivity index (χ4v) is 4.56. The number of likely N-dealkylation sites (tertiary alicyclic amines) is 1. The lowest BCUT2D eigenvalue weighted by Gasteiger charge is -2.40. The lowest BCUT2D eigenvalue weighted by atomic mass is 9.95. The van der Waals surface area contributed by atoms with Gasteiger partial charge in [0.15, 0.2) is 0 Å². The Morgan fingerprint density at radius 2 is 1.61 bits per heavy atom. The molecule has 0 bridgehead atoms. The van der Waals surface area contributed by atoms with Crippen LogP contribution in [-0.4, -0.2) is 68.0 Å². The molecule has 31 heavy (non-hydrogen) atoms. The number of amides is 2. The molecular formula is C25H31N3O3. The SMILES string of the molecule is COc1ccccc1N1CCN(C(=O)C2CCCN(C(=O)c3ccc(C)cc3)C2)CC1. The number of piperazine rings is 1. The Balaban J connectivity index is 1.35. The van der Waals surface area contributed by atoms with E-state index in [0.29, 0.717) is 25.2 Å². The summed E-state index contributed by atoms with van der Waals surface area (Å²) in [6, 6.07) is 15.7. The molecule has 0 saturated carbocycles. The number of para-hydroxylation sites is 2. The summed E-state index contributed by atoms with van der Waals surface area (Å²) in [6.07, 6.45) is 1.72. The lowest BCUT2D eigenvalue weighted by Crippen LogP contribution is -2.53. The largest absolute Gasteiger partial charge is 0.495 e. The second-order valence-electron chi connectivity index (χ2n) is 8.44. The first-order chi connectivity index (χ1) is 15.1. The number of piperidine rings is 1. The van der Waals surface area contributed by atoms with Crippen molar-refractivity contribution in [2.24, 2.45) is 5.92 Å². The fourth-order valence-electron chi connectivity index (χ4n) is 4.56. The smallest absolute Gasteiger partial charge is 0.253 e. The number of carbonyl (C=O) groups excluding carboxylic acids is 2. The van der Waals surface area contributed by atoms with Crippen molar-refractivity contribution in [1.29, 1.82) is 0 Å². The first-order valence-electron chi connectivity index (χ1n) is 11.1. The van der Waals surface area contributed by atoms with Crippen molar-refractivity contribution >= 4 is 17.5 Å². The molecule has 2 heterocycles. The Bertz CT molecular complexity index is 920. The molecule has 0 spiro atoms. The first-order valence-corrected chi connectivity index (χ1v) is 11.1. The second kappa shape index (κ2) is 9.41. The van der Waals surface area contributed by atoms with Crippen molar-refractivity contribution in [2.75, 3.05) is 51.3 Å². The third-order valence-corrected chi connectivity index (χ3v) is 6.37. The second-order valence-corrected chi connectivity index (χ2v) is 8.44. The van der Waals surface area contributed by atoms with Crippen molar-refractivity contribution in [3.8, 4) is 5.75 Å². The molecule has 2 amide bonds. The number of hydrogen-bond acceptors (Lipinski definition) is 4. The van der Waals surface area contributed by atoms with Gasteiger partial charge in [0.2, 0.25) is 5.91 Å². The van der Waals surface area contributed by atoms with E-state index in [1.54, 1.807) is 7.11 Å². The highest BCUT2D eigenvalue weighted by Crippen LogP contribution is 2.29. The standard InChI is InChI=1S/C25H31N3O3/c1-19-9-11-20(12-10-19)24(29)28-13-5-6-21(18-28)25(30)27-16-14-26(15-17-27)22-7-3-4-8-23(22)31-2/h3-4,7-12,21H,5-6,13-18H2,1-2H3. The number of methoxy groups -OCH3 is 1. The van der Waals surface area contributed by atoms with Gasteiger partial charge in [0.25, 0.3) is 5.91 Å². The molecule has 2 aromatic rings. The molecule has 2 fully saturated rings. The molecule has 4 rings (SSSR count). The highest BCUT2D eigenvalue weighted by molar-refractivity contribution is 5.94. The molecule has 1 atom stereocenters. The normalized spacial score (nSPS) is 19.3. The quantitative estimate of drug-likeness (QED) is 0.761. The van der Waals surface area contributed by atoms with Crippen LogP contribution in [0.3, 0.4) is 0 Å². The van der Waals surface area contributed by atoms with Crippen molar-refractivity contribution in [1.82, 2.24) is 9.80 Å². The number of rotatable bonds is 4. The van der Waals surface area contributed by atoms with Gasteiger partial charge in [-0.2, -0.15) is 0 Å². The molecule has 6 heteroatoms. The van der Waals surface area contributed by atoms with E-state index in [4.69, 9.17) is 4.74 Å². The Kier molecular flexibility index (Phi) is 6.44. The molecule has 2 aliphatic rings. The third kappa shape index (κ3) is 4.68. The maximum Gasteiger partial charge on any atom is 0.253 e. The summed E-state index contributed by atoms with van der Waals surface area (Å²) in [5.41, 5.74) is 2.91. The summed E-state index contributed by atoms with van der Waals surface area (Å²) in [4.78, 5) is 32.2. The van der Waals surface area contributed by atoms with E-state index in [1.165, 1.54) is 0 Å². The molecule has 164 valence electrons. The van der Waals surface area contributed by atoms with Crippen LogP contribution in [-0.2, 0) is 4.79 Å². The zero-order chi connectivity index (χ0) is 21.8. The molecule has 0 aromatic heterocycles. The van der Waals surface area contributed by atoms with E-state index in [2.05, 4.69) is 11.0 Å². The summed E-state index contributed by atoms with van der Waals surface area (Å²) in [5, 5.41) is 0. The van der Waals surface area contributed by atoms with E-state index in [0.717, 1.165) is 49.5 Å². The van der Waals surface area contributed by atoms with Crippen LogP contribution in [0.2, 0.25) is 0 Å². The van der Waals surface area contributed by atoms with Crippen LogP contribution in [0, 0.1) is 12.8 Å². The van der Waals surface area contributed by atoms with Crippen LogP contribution in [0.4, 0.5) is 5.69 Å². The minimum absolute atomic E-state index is 0.0264. The summed E-state index contributed by atoms with van der Waals surface area (Å²) in [6.45, 7) is 6.20. The molecule has 2 saturated heterocycles. The van der Waals surface area contributed by atoms with Crippen LogP contribution in [0.5, 0.6) is 5.75 Å². The molecular weight excluding hydrogens is 390 g/mol. The minimum Gasteiger partial charge on any atom is -0.495 e. The zero-order valence-corrected chi connectivity index (χ0v) is 18.4. The highest BCUT2D eigenvalue weighted by atomic mass is 16.5. The first kappa shape index (κ1) is 21.2. The van der Waals surface area contributed by atoms with E-state index in [1.807, 2.05) is 59.2 Å². The molecule has 6 nitrogen and oxygen atoms in total. The number of aryl methyl sites for hydroxylation is 1. The van der Waals surface area contributed by atoms with Gasteiger partial charge in [-0.25, -0.2) is 0 Å². The van der Waals surface area contributed by atoms with Crippen LogP contribution >= 0.6 is 0 Å². The molecule has 2 aliphatic heterocycles. The van der Waals surface area contributed by atoms with Crippen LogP contribution in [0.25, 0.3) is 0 Å². The lowest BCUT2D eigenvalue weighted by molar-refractivity contribution is -0.137. The molecule has 0 radical (unpaired) electrons. The van der Waals surface area contributed by atoms with Gasteiger partial charge in [-0.1, -0.05) is 29.8 Å². The number of nitrogens with zero attached hydrogens (tertiary/aromatic N) is 3. The predicted molar refractivity (Wildman–Crippen MR) is 122 cm³/mol. The van der Waals surface area contributed by atoms with Gasteiger partial charge in [-0.05, 0) is 44.0 Å². The average Bonchev–Trinajstić information content (AvgIpc) is 2.84. The number of hydrogen-bond donors (Lipinski definition) is 0. The van der Waals surface area contributed by atoms with Crippen molar-refractivity contribution in [2.45, 2.75) is 19.8 Å². The van der Waals surface area contributed by atoms with E-state index in [-0.39, 0.29) is 17.7 Å². The van der Waals surface area contributed by atoms with Gasteiger partial charge in [-0.15, -0.1) is 0 Å². The maximum absolute atomic E-state index is 13.2. The summed E-state index contributed by atoms with van der Waals surface area (Å²) in [7, 11) is 1.69. The summed E-state index contributed by atoms with van der Waals surface area (Å²) < 4.78 is 5.49. The Labute approximate surface area is 184 Å². The number of carbonyl (C=O) groups is 2. The third-order valence-electron chi connectivity index (χ3n) is 6.37.